The maximum atomic E-state index is 13.4. The fourth-order valence-electron chi connectivity index (χ4n) is 5.19. The van der Waals surface area contributed by atoms with Crippen molar-refractivity contribution in [2.45, 2.75) is 25.4 Å². The van der Waals surface area contributed by atoms with Gasteiger partial charge >= 0.3 is 0 Å². The highest BCUT2D eigenvalue weighted by atomic mass is 16.2. The highest BCUT2D eigenvalue weighted by molar-refractivity contribution is 6.09. The number of hydrogen-bond acceptors (Lipinski definition) is 4. The lowest BCUT2D eigenvalue weighted by molar-refractivity contribution is -0.142. The first-order valence-corrected chi connectivity index (χ1v) is 10.0. The van der Waals surface area contributed by atoms with Crippen LogP contribution in [0, 0.1) is 11.8 Å². The number of rotatable bonds is 4. The fourth-order valence-corrected chi connectivity index (χ4v) is 5.19. The first-order valence-electron chi connectivity index (χ1n) is 10.0. The van der Waals surface area contributed by atoms with Gasteiger partial charge in [0, 0.05) is 12.7 Å². The number of fused-ring (bicyclic) bond motifs is 5. The van der Waals surface area contributed by atoms with Gasteiger partial charge in [-0.2, -0.15) is 0 Å². The average Bonchev–Trinajstić information content (AvgIpc) is 3.21. The molecule has 5 heteroatoms. The number of amides is 2. The first-order chi connectivity index (χ1) is 14.1. The van der Waals surface area contributed by atoms with E-state index in [0.717, 1.165) is 16.7 Å². The van der Waals surface area contributed by atoms with Gasteiger partial charge in [0.15, 0.2) is 5.78 Å². The Labute approximate surface area is 169 Å². The Bertz CT molecular complexity index is 1030. The summed E-state index contributed by atoms with van der Waals surface area (Å²) in [6.07, 6.45) is 4.46. The van der Waals surface area contributed by atoms with Gasteiger partial charge < -0.3 is 4.90 Å². The molecule has 3 aliphatic rings. The standard InChI is InChI=1S/C24H22N2O3/c1-15(27)21-19-20(22-18-10-6-5-9-17(18)12-14-25(21)22)24(29)26(23(19)28)13-11-16-7-3-2-4-8-16/h2-10,12,14,19-22H,11,13H2,1H3/t19-,20+,21-,22-/m1/s1. The largest absolute Gasteiger partial charge is 0.359 e. The quantitative estimate of drug-likeness (QED) is 0.759. The Balaban J connectivity index is 1.50. The SMILES string of the molecule is CC(=O)[C@@H]1[C@@H]2C(=O)N(CCc3ccccc3)C(=O)[C@@H]2[C@H]2c3ccccc3C=CN12. The van der Waals surface area contributed by atoms with Crippen molar-refractivity contribution in [3.8, 4) is 0 Å². The molecule has 5 nitrogen and oxygen atoms in total. The number of imide groups is 1. The summed E-state index contributed by atoms with van der Waals surface area (Å²) >= 11 is 0. The van der Waals surface area contributed by atoms with Crippen molar-refractivity contribution in [2.24, 2.45) is 11.8 Å². The lowest BCUT2D eigenvalue weighted by Crippen LogP contribution is -2.43. The number of hydrogen-bond donors (Lipinski definition) is 0. The van der Waals surface area contributed by atoms with Gasteiger partial charge in [0.1, 0.15) is 0 Å². The van der Waals surface area contributed by atoms with Crippen molar-refractivity contribution in [1.29, 1.82) is 0 Å². The van der Waals surface area contributed by atoms with Crippen LogP contribution in [0.4, 0.5) is 0 Å². The molecule has 0 bridgehead atoms. The Morgan fingerprint density at radius 1 is 0.931 bits per heavy atom. The first kappa shape index (κ1) is 17.9. The molecule has 0 spiro atoms. The van der Waals surface area contributed by atoms with Gasteiger partial charge in [-0.15, -0.1) is 0 Å². The molecule has 2 fully saturated rings. The van der Waals surface area contributed by atoms with Crippen LogP contribution in [-0.4, -0.2) is 40.0 Å². The topological polar surface area (TPSA) is 57.7 Å². The van der Waals surface area contributed by atoms with Gasteiger partial charge in [-0.3, -0.25) is 19.3 Å². The summed E-state index contributed by atoms with van der Waals surface area (Å²) in [6.45, 7) is 1.87. The van der Waals surface area contributed by atoms with E-state index in [9.17, 15) is 14.4 Å². The number of carbonyl (C=O) groups excluding carboxylic acids is 3. The zero-order valence-electron chi connectivity index (χ0n) is 16.2. The van der Waals surface area contributed by atoms with E-state index in [4.69, 9.17) is 0 Å². The van der Waals surface area contributed by atoms with Crippen LogP contribution in [0.5, 0.6) is 0 Å². The van der Waals surface area contributed by atoms with Crippen LogP contribution < -0.4 is 0 Å². The van der Waals surface area contributed by atoms with Crippen molar-refractivity contribution in [3.63, 3.8) is 0 Å². The van der Waals surface area contributed by atoms with Gasteiger partial charge in [-0.05, 0) is 36.1 Å². The van der Waals surface area contributed by atoms with Crippen LogP contribution in [0.3, 0.4) is 0 Å². The van der Waals surface area contributed by atoms with Crippen molar-refractivity contribution < 1.29 is 14.4 Å². The van der Waals surface area contributed by atoms with Crippen LogP contribution in [-0.2, 0) is 20.8 Å². The molecule has 0 radical (unpaired) electrons. The Morgan fingerprint density at radius 3 is 2.38 bits per heavy atom. The fraction of sp³-hybridized carbons (Fsp3) is 0.292. The minimum atomic E-state index is -0.614. The smallest absolute Gasteiger partial charge is 0.235 e. The number of likely N-dealkylation sites (tertiary alicyclic amines) is 1. The third kappa shape index (κ3) is 2.64. The molecule has 2 aromatic carbocycles. The van der Waals surface area contributed by atoms with Crippen LogP contribution >= 0.6 is 0 Å². The van der Waals surface area contributed by atoms with Gasteiger partial charge in [-0.25, -0.2) is 0 Å². The summed E-state index contributed by atoms with van der Waals surface area (Å²) in [5.41, 5.74) is 3.14. The van der Waals surface area contributed by atoms with E-state index in [1.807, 2.05) is 71.8 Å². The highest BCUT2D eigenvalue weighted by Crippen LogP contribution is 2.52. The zero-order chi connectivity index (χ0) is 20.1. The Morgan fingerprint density at radius 2 is 1.62 bits per heavy atom. The number of ketones is 1. The van der Waals surface area contributed by atoms with Crippen molar-refractivity contribution in [1.82, 2.24) is 9.80 Å². The summed E-state index contributed by atoms with van der Waals surface area (Å²) < 4.78 is 0. The van der Waals surface area contributed by atoms with E-state index < -0.39 is 17.9 Å². The summed E-state index contributed by atoms with van der Waals surface area (Å²) in [6, 6.07) is 16.9. The molecule has 3 heterocycles. The predicted octanol–water partition coefficient (Wildman–Crippen LogP) is 2.83. The van der Waals surface area contributed by atoms with Crippen molar-refractivity contribution in [3.05, 3.63) is 77.5 Å². The normalized spacial score (nSPS) is 27.1. The third-order valence-electron chi connectivity index (χ3n) is 6.44. The van der Waals surface area contributed by atoms with E-state index in [-0.39, 0.29) is 23.6 Å². The van der Waals surface area contributed by atoms with E-state index in [1.165, 1.54) is 11.8 Å². The van der Waals surface area contributed by atoms with Crippen molar-refractivity contribution >= 4 is 23.7 Å². The summed E-state index contributed by atoms with van der Waals surface area (Å²) in [7, 11) is 0. The maximum Gasteiger partial charge on any atom is 0.235 e. The molecular formula is C24H22N2O3. The maximum absolute atomic E-state index is 13.4. The second kappa shape index (κ2) is 6.69. The number of carbonyl (C=O) groups is 3. The number of nitrogens with zero attached hydrogens (tertiary/aromatic N) is 2. The van der Waals surface area contributed by atoms with E-state index in [0.29, 0.717) is 13.0 Å². The molecule has 2 saturated heterocycles. The molecular weight excluding hydrogens is 364 g/mol. The third-order valence-corrected chi connectivity index (χ3v) is 6.44. The molecule has 0 saturated carbocycles. The molecule has 2 aromatic rings. The molecule has 2 amide bonds. The molecule has 5 rings (SSSR count). The van der Waals surface area contributed by atoms with Crippen LogP contribution in [0.1, 0.15) is 29.7 Å². The average molecular weight is 386 g/mol. The molecule has 29 heavy (non-hydrogen) atoms. The second-order valence-electron chi connectivity index (χ2n) is 8.01. The van der Waals surface area contributed by atoms with Crippen LogP contribution in [0.15, 0.2) is 60.8 Å². The molecule has 3 aliphatic heterocycles. The van der Waals surface area contributed by atoms with Crippen LogP contribution in [0.2, 0.25) is 0 Å². The molecule has 0 aliphatic carbocycles. The molecule has 0 aromatic heterocycles. The van der Waals surface area contributed by atoms with Gasteiger partial charge in [0.25, 0.3) is 0 Å². The van der Waals surface area contributed by atoms with Crippen LogP contribution in [0.25, 0.3) is 6.08 Å². The highest BCUT2D eigenvalue weighted by Gasteiger charge is 2.63. The molecule has 4 atom stereocenters. The Hall–Kier alpha value is -3.21. The van der Waals surface area contributed by atoms with E-state index in [2.05, 4.69) is 0 Å². The molecule has 146 valence electrons. The minimum Gasteiger partial charge on any atom is -0.359 e. The lowest BCUT2D eigenvalue weighted by Gasteiger charge is -2.35. The van der Waals surface area contributed by atoms with Gasteiger partial charge in [-0.1, -0.05) is 54.6 Å². The van der Waals surface area contributed by atoms with Crippen molar-refractivity contribution in [2.75, 3.05) is 6.54 Å². The monoisotopic (exact) mass is 386 g/mol. The summed E-state index contributed by atoms with van der Waals surface area (Å²) in [5, 5.41) is 0. The van der Waals surface area contributed by atoms with E-state index in [1.54, 1.807) is 0 Å². The van der Waals surface area contributed by atoms with Gasteiger partial charge in [0.2, 0.25) is 11.8 Å². The van der Waals surface area contributed by atoms with E-state index >= 15 is 0 Å². The zero-order valence-corrected chi connectivity index (χ0v) is 16.2. The molecule has 0 unspecified atom stereocenters. The molecule has 0 N–H and O–H groups in total. The predicted molar refractivity (Wildman–Crippen MR) is 108 cm³/mol. The lowest BCUT2D eigenvalue weighted by atomic mass is 9.84. The summed E-state index contributed by atoms with van der Waals surface area (Å²) in [4.78, 5) is 42.5. The number of benzene rings is 2. The minimum absolute atomic E-state index is 0.0717. The second-order valence-corrected chi connectivity index (χ2v) is 8.01. The Kier molecular flexibility index (Phi) is 4.12. The van der Waals surface area contributed by atoms with Gasteiger partial charge in [0.05, 0.1) is 23.9 Å². The summed E-state index contributed by atoms with van der Waals surface area (Å²) in [5.74, 6) is -1.57. The number of Topliss-reactive ketones (excluding diaryl/α,β-unsaturated/α-hetero) is 1.